The van der Waals surface area contributed by atoms with Crippen molar-refractivity contribution in [1.82, 2.24) is 10.2 Å². The molecule has 0 bridgehead atoms. The monoisotopic (exact) mass is 248 g/mol. The van der Waals surface area contributed by atoms with Crippen molar-refractivity contribution in [2.75, 3.05) is 7.11 Å². The first-order chi connectivity index (χ1) is 8.63. The number of hydrogen-bond donors (Lipinski definition) is 1. The van der Waals surface area contributed by atoms with Gasteiger partial charge in [0.05, 0.1) is 13.3 Å². The summed E-state index contributed by atoms with van der Waals surface area (Å²) in [5.74, 6) is -1.66. The fourth-order valence-electron chi connectivity index (χ4n) is 1.57. The number of aromatic nitrogens is 2. The normalized spacial score (nSPS) is 10.1. The third-order valence-corrected chi connectivity index (χ3v) is 2.38. The van der Waals surface area contributed by atoms with Crippen LogP contribution in [0.2, 0.25) is 0 Å². The summed E-state index contributed by atoms with van der Waals surface area (Å²) < 4.78 is 17.7. The molecule has 1 aromatic heterocycles. The standard InChI is InChI=1S/C12H9FN2O3/c1-18-11-10(12(16)17)9(6-14-15-11)7-2-4-8(13)5-3-7/h2-6H,1H3,(H,16,17). The van der Waals surface area contributed by atoms with Gasteiger partial charge in [-0.1, -0.05) is 12.1 Å². The quantitative estimate of drug-likeness (QED) is 0.899. The molecule has 0 aliphatic carbocycles. The molecule has 1 aromatic carbocycles. The second kappa shape index (κ2) is 4.79. The Morgan fingerprint density at radius 3 is 2.56 bits per heavy atom. The van der Waals surface area contributed by atoms with Gasteiger partial charge < -0.3 is 9.84 Å². The van der Waals surface area contributed by atoms with Crippen molar-refractivity contribution >= 4 is 5.97 Å². The highest BCUT2D eigenvalue weighted by Gasteiger charge is 2.19. The predicted molar refractivity (Wildman–Crippen MR) is 60.9 cm³/mol. The molecule has 0 amide bonds. The Morgan fingerprint density at radius 1 is 1.33 bits per heavy atom. The molecular weight excluding hydrogens is 239 g/mol. The molecule has 18 heavy (non-hydrogen) atoms. The Bertz CT molecular complexity index is 584. The van der Waals surface area contributed by atoms with Crippen LogP contribution >= 0.6 is 0 Å². The van der Waals surface area contributed by atoms with Crippen LogP contribution in [0, 0.1) is 5.82 Å². The van der Waals surface area contributed by atoms with Gasteiger partial charge in [0.25, 0.3) is 0 Å². The zero-order valence-electron chi connectivity index (χ0n) is 9.42. The maximum absolute atomic E-state index is 12.8. The molecule has 0 aliphatic heterocycles. The van der Waals surface area contributed by atoms with Crippen LogP contribution in [0.25, 0.3) is 11.1 Å². The minimum absolute atomic E-state index is 0.0793. The fourth-order valence-corrected chi connectivity index (χ4v) is 1.57. The van der Waals surface area contributed by atoms with E-state index in [1.165, 1.54) is 37.6 Å². The summed E-state index contributed by atoms with van der Waals surface area (Å²) in [6.45, 7) is 0. The van der Waals surface area contributed by atoms with Gasteiger partial charge >= 0.3 is 5.97 Å². The van der Waals surface area contributed by atoms with Crippen molar-refractivity contribution in [3.63, 3.8) is 0 Å². The molecule has 0 aliphatic rings. The number of aromatic carboxylic acids is 1. The van der Waals surface area contributed by atoms with Gasteiger partial charge in [0, 0.05) is 5.56 Å². The van der Waals surface area contributed by atoms with Crippen LogP contribution in [0.3, 0.4) is 0 Å². The van der Waals surface area contributed by atoms with Crippen LogP contribution < -0.4 is 4.74 Å². The molecule has 1 N–H and O–H groups in total. The number of ether oxygens (including phenoxy) is 1. The molecule has 1 heterocycles. The summed E-state index contributed by atoms with van der Waals surface area (Å²) >= 11 is 0. The van der Waals surface area contributed by atoms with Crippen LogP contribution in [0.4, 0.5) is 4.39 Å². The molecule has 0 radical (unpaired) electrons. The molecule has 0 unspecified atom stereocenters. The summed E-state index contributed by atoms with van der Waals surface area (Å²) in [6.07, 6.45) is 1.30. The molecule has 0 fully saturated rings. The van der Waals surface area contributed by atoms with Crippen LogP contribution in [0.1, 0.15) is 10.4 Å². The number of carboxylic acids is 1. The maximum atomic E-state index is 12.8. The highest BCUT2D eigenvalue weighted by Crippen LogP contribution is 2.28. The Hall–Kier alpha value is -2.50. The van der Waals surface area contributed by atoms with Crippen molar-refractivity contribution in [2.45, 2.75) is 0 Å². The molecule has 2 aromatic rings. The average Bonchev–Trinajstić information content (AvgIpc) is 2.38. The first-order valence-corrected chi connectivity index (χ1v) is 5.02. The largest absolute Gasteiger partial charge is 0.479 e. The van der Waals surface area contributed by atoms with Gasteiger partial charge in [0.1, 0.15) is 11.4 Å². The predicted octanol–water partition coefficient (Wildman–Crippen LogP) is 1.99. The van der Waals surface area contributed by atoms with Crippen molar-refractivity contribution < 1.29 is 19.0 Å². The van der Waals surface area contributed by atoms with E-state index in [9.17, 15) is 14.3 Å². The first-order valence-electron chi connectivity index (χ1n) is 5.02. The third kappa shape index (κ3) is 2.13. The number of carboxylic acid groups (broad SMARTS) is 1. The molecule has 92 valence electrons. The number of methoxy groups -OCH3 is 1. The second-order valence-electron chi connectivity index (χ2n) is 3.45. The van der Waals surface area contributed by atoms with Crippen LogP contribution in [-0.2, 0) is 0 Å². The minimum atomic E-state index is -1.18. The van der Waals surface area contributed by atoms with Crippen molar-refractivity contribution in [3.05, 3.63) is 41.8 Å². The summed E-state index contributed by atoms with van der Waals surface area (Å²) in [6, 6.07) is 5.43. The molecule has 6 heteroatoms. The molecule has 2 rings (SSSR count). The minimum Gasteiger partial charge on any atom is -0.479 e. The molecule has 0 spiro atoms. The van der Waals surface area contributed by atoms with Gasteiger partial charge in [-0.3, -0.25) is 0 Å². The summed E-state index contributed by atoms with van der Waals surface area (Å²) in [5.41, 5.74) is 0.760. The first kappa shape index (κ1) is 12.0. The SMILES string of the molecule is COc1nncc(-c2ccc(F)cc2)c1C(=O)O. The fraction of sp³-hybridized carbons (Fsp3) is 0.0833. The summed E-state index contributed by atoms with van der Waals surface area (Å²) in [7, 11) is 1.31. The lowest BCUT2D eigenvalue weighted by Crippen LogP contribution is -2.06. The van der Waals surface area contributed by atoms with E-state index in [1.807, 2.05) is 0 Å². The molecule has 0 atom stereocenters. The number of benzene rings is 1. The third-order valence-electron chi connectivity index (χ3n) is 2.38. The number of halogens is 1. The molecule has 0 saturated heterocycles. The number of hydrogen-bond acceptors (Lipinski definition) is 4. The smallest absolute Gasteiger partial charge is 0.341 e. The molecular formula is C12H9FN2O3. The Kier molecular flexibility index (Phi) is 3.18. The van der Waals surface area contributed by atoms with Gasteiger partial charge in [-0.05, 0) is 17.7 Å². The number of nitrogens with zero attached hydrogens (tertiary/aromatic N) is 2. The topological polar surface area (TPSA) is 72.3 Å². The van der Waals surface area contributed by atoms with E-state index < -0.39 is 11.8 Å². The van der Waals surface area contributed by atoms with E-state index in [-0.39, 0.29) is 11.4 Å². The van der Waals surface area contributed by atoms with Gasteiger partial charge in [-0.2, -0.15) is 5.10 Å². The van der Waals surface area contributed by atoms with E-state index in [2.05, 4.69) is 10.2 Å². The van der Waals surface area contributed by atoms with Gasteiger partial charge in [0.15, 0.2) is 0 Å². The van der Waals surface area contributed by atoms with Crippen molar-refractivity contribution in [3.8, 4) is 17.0 Å². The van der Waals surface area contributed by atoms with Crippen LogP contribution in [0.15, 0.2) is 30.5 Å². The highest BCUT2D eigenvalue weighted by molar-refractivity contribution is 5.97. The van der Waals surface area contributed by atoms with E-state index in [0.29, 0.717) is 11.1 Å². The van der Waals surface area contributed by atoms with E-state index in [0.717, 1.165) is 0 Å². The second-order valence-corrected chi connectivity index (χ2v) is 3.45. The van der Waals surface area contributed by atoms with E-state index >= 15 is 0 Å². The Morgan fingerprint density at radius 2 is 2.00 bits per heavy atom. The van der Waals surface area contributed by atoms with Crippen LogP contribution in [-0.4, -0.2) is 28.4 Å². The van der Waals surface area contributed by atoms with E-state index in [1.54, 1.807) is 0 Å². The Balaban J connectivity index is 2.63. The zero-order chi connectivity index (χ0) is 13.1. The summed E-state index contributed by atoms with van der Waals surface area (Å²) in [4.78, 5) is 11.2. The lowest BCUT2D eigenvalue weighted by atomic mass is 10.0. The lowest BCUT2D eigenvalue weighted by Gasteiger charge is -2.08. The van der Waals surface area contributed by atoms with Gasteiger partial charge in [-0.25, -0.2) is 9.18 Å². The van der Waals surface area contributed by atoms with Gasteiger partial charge in [-0.15, -0.1) is 5.10 Å². The van der Waals surface area contributed by atoms with Crippen LogP contribution in [0.5, 0.6) is 5.88 Å². The lowest BCUT2D eigenvalue weighted by molar-refractivity contribution is 0.0693. The number of carbonyl (C=O) groups is 1. The maximum Gasteiger partial charge on any atom is 0.341 e. The molecule has 0 saturated carbocycles. The van der Waals surface area contributed by atoms with E-state index in [4.69, 9.17) is 4.74 Å². The average molecular weight is 248 g/mol. The molecule has 5 nitrogen and oxygen atoms in total. The Labute approximate surface area is 102 Å². The van der Waals surface area contributed by atoms with Gasteiger partial charge in [0.2, 0.25) is 5.88 Å². The number of rotatable bonds is 3. The van der Waals surface area contributed by atoms with Crippen molar-refractivity contribution in [2.24, 2.45) is 0 Å². The van der Waals surface area contributed by atoms with Crippen molar-refractivity contribution in [1.29, 1.82) is 0 Å². The zero-order valence-corrected chi connectivity index (χ0v) is 9.42. The highest BCUT2D eigenvalue weighted by atomic mass is 19.1. The summed E-state index contributed by atoms with van der Waals surface area (Å²) in [5, 5.41) is 16.4.